The number of sulfonamides is 1. The number of anilines is 2. The number of nitrogens with zero attached hydrogens (tertiary/aromatic N) is 2. The van der Waals surface area contributed by atoms with Crippen molar-refractivity contribution in [3.8, 4) is 11.5 Å². The van der Waals surface area contributed by atoms with Crippen LogP contribution < -0.4 is 10.0 Å². The zero-order valence-electron chi connectivity index (χ0n) is 17.7. The molecular formula is C23H19FN4O4S. The van der Waals surface area contributed by atoms with Gasteiger partial charge in [0.1, 0.15) is 5.82 Å². The number of aryl methyl sites for hydroxylation is 2. The topological polar surface area (TPSA) is 114 Å². The van der Waals surface area contributed by atoms with Crippen molar-refractivity contribution in [2.75, 3.05) is 10.0 Å². The quantitative estimate of drug-likeness (QED) is 0.431. The van der Waals surface area contributed by atoms with Crippen LogP contribution in [0.3, 0.4) is 0 Å². The number of hydrogen-bond acceptors (Lipinski definition) is 6. The van der Waals surface area contributed by atoms with Crippen LogP contribution in [0.5, 0.6) is 0 Å². The zero-order chi connectivity index (χ0) is 23.6. The molecule has 0 aliphatic heterocycles. The number of carbonyl (C=O) groups is 1. The van der Waals surface area contributed by atoms with Gasteiger partial charge in [-0.25, -0.2) is 12.8 Å². The Morgan fingerprint density at radius 3 is 2.39 bits per heavy atom. The summed E-state index contributed by atoms with van der Waals surface area (Å²) < 4.78 is 46.3. The molecular weight excluding hydrogens is 447 g/mol. The molecule has 8 nitrogen and oxygen atoms in total. The van der Waals surface area contributed by atoms with E-state index in [-0.39, 0.29) is 16.1 Å². The molecule has 0 fully saturated rings. The molecule has 4 rings (SSSR count). The SMILES string of the molecule is Cc1ccc(-c2nnco2)cc1NC(=O)c1cc(S(=O)(=O)Nc2ccc(F)cc2)ccc1C. The standard InChI is InChI=1S/C23H19FN4O4S/c1-14-4-10-19(33(30,31)28-18-8-6-17(24)7-9-18)12-20(14)22(29)26-21-11-16(5-3-15(21)2)23-27-25-13-32-23/h3-13,28H,1-2H3,(H,26,29). The molecule has 0 saturated carbocycles. The number of amides is 1. The highest BCUT2D eigenvalue weighted by Gasteiger charge is 2.19. The summed E-state index contributed by atoms with van der Waals surface area (Å²) in [6.45, 7) is 3.54. The zero-order valence-corrected chi connectivity index (χ0v) is 18.5. The van der Waals surface area contributed by atoms with Gasteiger partial charge in [0.05, 0.1) is 4.90 Å². The summed E-state index contributed by atoms with van der Waals surface area (Å²) in [4.78, 5) is 12.9. The summed E-state index contributed by atoms with van der Waals surface area (Å²) in [7, 11) is -4.00. The Morgan fingerprint density at radius 1 is 0.970 bits per heavy atom. The van der Waals surface area contributed by atoms with Crippen LogP contribution in [0.4, 0.5) is 15.8 Å². The maximum Gasteiger partial charge on any atom is 0.261 e. The van der Waals surface area contributed by atoms with Crippen molar-refractivity contribution >= 4 is 27.3 Å². The lowest BCUT2D eigenvalue weighted by atomic mass is 10.1. The van der Waals surface area contributed by atoms with Crippen LogP contribution in [0.25, 0.3) is 11.5 Å². The maximum atomic E-state index is 13.1. The first-order valence-electron chi connectivity index (χ1n) is 9.80. The van der Waals surface area contributed by atoms with E-state index in [9.17, 15) is 17.6 Å². The second-order valence-corrected chi connectivity index (χ2v) is 9.00. The number of aromatic nitrogens is 2. The molecule has 33 heavy (non-hydrogen) atoms. The highest BCUT2D eigenvalue weighted by molar-refractivity contribution is 7.92. The second-order valence-electron chi connectivity index (χ2n) is 7.32. The van der Waals surface area contributed by atoms with Crippen LogP contribution >= 0.6 is 0 Å². The molecule has 0 atom stereocenters. The van der Waals surface area contributed by atoms with Crippen LogP contribution in [0, 0.1) is 19.7 Å². The van der Waals surface area contributed by atoms with Crippen LogP contribution in [-0.2, 0) is 10.0 Å². The lowest BCUT2D eigenvalue weighted by Crippen LogP contribution is -2.17. The fourth-order valence-corrected chi connectivity index (χ4v) is 4.21. The Labute approximate surface area is 189 Å². The number of rotatable bonds is 6. The third kappa shape index (κ3) is 4.90. The molecule has 0 aliphatic carbocycles. The van der Waals surface area contributed by atoms with E-state index in [1.165, 1.54) is 30.7 Å². The van der Waals surface area contributed by atoms with Crippen molar-refractivity contribution < 1.29 is 22.0 Å². The van der Waals surface area contributed by atoms with E-state index in [0.717, 1.165) is 17.7 Å². The summed E-state index contributed by atoms with van der Waals surface area (Å²) in [6, 6.07) is 14.5. The van der Waals surface area contributed by atoms with Gasteiger partial charge < -0.3 is 9.73 Å². The number of benzene rings is 3. The Morgan fingerprint density at radius 2 is 1.70 bits per heavy atom. The van der Waals surface area contributed by atoms with Crippen LogP contribution in [0.2, 0.25) is 0 Å². The fraction of sp³-hybridized carbons (Fsp3) is 0.0870. The third-order valence-corrected chi connectivity index (χ3v) is 6.33. The van der Waals surface area contributed by atoms with Crippen molar-refractivity contribution in [2.24, 2.45) is 0 Å². The van der Waals surface area contributed by atoms with E-state index in [1.54, 1.807) is 31.2 Å². The van der Waals surface area contributed by atoms with Gasteiger partial charge in [0.2, 0.25) is 12.3 Å². The first-order valence-corrected chi connectivity index (χ1v) is 11.3. The molecule has 0 saturated heterocycles. The predicted octanol–water partition coefficient (Wildman–Crippen LogP) is 4.55. The fourth-order valence-electron chi connectivity index (χ4n) is 3.12. The normalized spacial score (nSPS) is 11.2. The van der Waals surface area contributed by atoms with Gasteiger partial charge >= 0.3 is 0 Å². The van der Waals surface area contributed by atoms with E-state index >= 15 is 0 Å². The van der Waals surface area contributed by atoms with E-state index in [0.29, 0.717) is 22.7 Å². The molecule has 0 bridgehead atoms. The van der Waals surface area contributed by atoms with Gasteiger partial charge in [0.25, 0.3) is 15.9 Å². The van der Waals surface area contributed by atoms with E-state index in [4.69, 9.17) is 4.42 Å². The first-order chi connectivity index (χ1) is 15.7. The van der Waals surface area contributed by atoms with Crippen molar-refractivity contribution in [1.82, 2.24) is 10.2 Å². The lowest BCUT2D eigenvalue weighted by molar-refractivity contribution is 0.102. The van der Waals surface area contributed by atoms with Gasteiger partial charge in [-0.1, -0.05) is 12.1 Å². The molecule has 1 heterocycles. The monoisotopic (exact) mass is 466 g/mol. The van der Waals surface area contributed by atoms with Crippen LogP contribution in [0.1, 0.15) is 21.5 Å². The highest BCUT2D eigenvalue weighted by atomic mass is 32.2. The summed E-state index contributed by atoms with van der Waals surface area (Å²) >= 11 is 0. The summed E-state index contributed by atoms with van der Waals surface area (Å²) in [5.41, 5.74) is 2.94. The maximum absolute atomic E-state index is 13.1. The minimum Gasteiger partial charge on any atom is -0.423 e. The van der Waals surface area contributed by atoms with Crippen molar-refractivity contribution in [1.29, 1.82) is 0 Å². The van der Waals surface area contributed by atoms with E-state index in [1.807, 2.05) is 6.92 Å². The molecule has 10 heteroatoms. The molecule has 0 spiro atoms. The molecule has 1 amide bonds. The van der Waals surface area contributed by atoms with E-state index < -0.39 is 21.7 Å². The molecule has 0 unspecified atom stereocenters. The molecule has 0 aliphatic rings. The number of nitrogens with one attached hydrogen (secondary N) is 2. The van der Waals surface area contributed by atoms with Gasteiger partial charge in [0, 0.05) is 22.5 Å². The van der Waals surface area contributed by atoms with Crippen molar-refractivity contribution in [3.05, 3.63) is 89.6 Å². The minimum atomic E-state index is -4.00. The largest absolute Gasteiger partial charge is 0.423 e. The number of halogens is 1. The van der Waals surface area contributed by atoms with Gasteiger partial charge in [-0.05, 0) is 73.5 Å². The summed E-state index contributed by atoms with van der Waals surface area (Å²) in [5, 5.41) is 10.3. The molecule has 168 valence electrons. The molecule has 0 radical (unpaired) electrons. The molecule has 2 N–H and O–H groups in total. The second kappa shape index (κ2) is 8.83. The first kappa shape index (κ1) is 22.2. The molecule has 3 aromatic carbocycles. The van der Waals surface area contributed by atoms with Crippen molar-refractivity contribution in [2.45, 2.75) is 18.7 Å². The Hall–Kier alpha value is -4.05. The number of hydrogen-bond donors (Lipinski definition) is 2. The average molecular weight is 466 g/mol. The summed E-state index contributed by atoms with van der Waals surface area (Å²) in [5.74, 6) is -0.649. The van der Waals surface area contributed by atoms with Gasteiger partial charge in [0.15, 0.2) is 0 Å². The smallest absolute Gasteiger partial charge is 0.261 e. The Balaban J connectivity index is 1.61. The highest BCUT2D eigenvalue weighted by Crippen LogP contribution is 2.25. The van der Waals surface area contributed by atoms with Crippen LogP contribution in [-0.4, -0.2) is 24.5 Å². The summed E-state index contributed by atoms with van der Waals surface area (Å²) in [6.07, 6.45) is 1.21. The van der Waals surface area contributed by atoms with E-state index in [2.05, 4.69) is 20.2 Å². The third-order valence-electron chi connectivity index (χ3n) is 4.95. The lowest BCUT2D eigenvalue weighted by Gasteiger charge is -2.13. The Bertz CT molecular complexity index is 1420. The Kier molecular flexibility index (Phi) is 5.93. The van der Waals surface area contributed by atoms with Crippen molar-refractivity contribution in [3.63, 3.8) is 0 Å². The average Bonchev–Trinajstić information content (AvgIpc) is 3.32. The van der Waals surface area contributed by atoms with Gasteiger partial charge in [-0.15, -0.1) is 10.2 Å². The predicted molar refractivity (Wildman–Crippen MR) is 121 cm³/mol. The van der Waals surface area contributed by atoms with Crippen LogP contribution in [0.15, 0.2) is 76.4 Å². The number of carbonyl (C=O) groups excluding carboxylic acids is 1. The molecule has 4 aromatic rings. The molecule has 1 aromatic heterocycles. The minimum absolute atomic E-state index is 0.0982. The van der Waals surface area contributed by atoms with Gasteiger partial charge in [-0.2, -0.15) is 0 Å². The van der Waals surface area contributed by atoms with Gasteiger partial charge in [-0.3, -0.25) is 9.52 Å².